The van der Waals surface area contributed by atoms with Crippen molar-refractivity contribution in [2.24, 2.45) is 0 Å². The third kappa shape index (κ3) is 4.48. The Morgan fingerprint density at radius 3 is 2.28 bits per heavy atom. The van der Waals surface area contributed by atoms with Crippen molar-refractivity contribution in [2.75, 3.05) is 26.6 Å². The molecule has 0 aliphatic carbocycles. The molecule has 1 heterocycles. The molecule has 0 saturated heterocycles. The van der Waals surface area contributed by atoms with Crippen molar-refractivity contribution in [1.29, 1.82) is 0 Å². The summed E-state index contributed by atoms with van der Waals surface area (Å²) in [6.07, 6.45) is 2.80. The molecule has 0 aliphatic rings. The quantitative estimate of drug-likeness (QED) is 0.459. The number of ether oxygens (including phenoxy) is 3. The molecule has 25 heavy (non-hydrogen) atoms. The zero-order chi connectivity index (χ0) is 18.4. The van der Waals surface area contributed by atoms with E-state index in [1.165, 1.54) is 39.5 Å². The zero-order valence-electron chi connectivity index (χ0n) is 13.8. The fourth-order valence-corrected chi connectivity index (χ4v) is 2.75. The van der Waals surface area contributed by atoms with E-state index in [2.05, 4.69) is 5.32 Å². The molecule has 1 amide bonds. The molecule has 0 spiro atoms. The van der Waals surface area contributed by atoms with E-state index in [-0.39, 0.29) is 5.00 Å². The van der Waals surface area contributed by atoms with Gasteiger partial charge >= 0.3 is 5.00 Å². The van der Waals surface area contributed by atoms with Gasteiger partial charge in [-0.05, 0) is 12.1 Å². The van der Waals surface area contributed by atoms with Gasteiger partial charge in [0.15, 0.2) is 11.5 Å². The smallest absolute Gasteiger partial charge is 0.324 e. The van der Waals surface area contributed by atoms with Crippen LogP contribution in [0, 0.1) is 10.1 Å². The Bertz CT molecular complexity index is 790. The number of hydrogen-bond acceptors (Lipinski definition) is 7. The van der Waals surface area contributed by atoms with E-state index in [1.54, 1.807) is 18.2 Å². The molecule has 1 aromatic heterocycles. The van der Waals surface area contributed by atoms with Gasteiger partial charge in [0.2, 0.25) is 11.7 Å². The SMILES string of the molecule is COc1cc(NC(=O)/C=C/c2ccc([N+](=O)[O-])s2)cc(OC)c1OC. The highest BCUT2D eigenvalue weighted by atomic mass is 32.1. The van der Waals surface area contributed by atoms with E-state index in [1.807, 2.05) is 0 Å². The van der Waals surface area contributed by atoms with Crippen LogP contribution in [0.1, 0.15) is 4.88 Å². The molecule has 0 aliphatic heterocycles. The standard InChI is InChI=1S/C16H16N2O6S/c1-22-12-8-10(9-13(23-2)16(12)24-3)17-14(19)6-4-11-5-7-15(25-11)18(20)21/h4-9H,1-3H3,(H,17,19)/b6-4+. The van der Waals surface area contributed by atoms with Crippen LogP contribution in [-0.2, 0) is 4.79 Å². The highest BCUT2D eigenvalue weighted by Gasteiger charge is 2.14. The van der Waals surface area contributed by atoms with E-state index < -0.39 is 10.8 Å². The van der Waals surface area contributed by atoms with E-state index in [0.29, 0.717) is 27.8 Å². The molecule has 2 rings (SSSR count). The van der Waals surface area contributed by atoms with Gasteiger partial charge in [-0.25, -0.2) is 0 Å². The maximum atomic E-state index is 12.0. The van der Waals surface area contributed by atoms with Crippen molar-refractivity contribution in [3.63, 3.8) is 0 Å². The topological polar surface area (TPSA) is 99.9 Å². The normalized spacial score (nSPS) is 10.5. The average molecular weight is 364 g/mol. The van der Waals surface area contributed by atoms with Crippen LogP contribution >= 0.6 is 11.3 Å². The number of hydrogen-bond donors (Lipinski definition) is 1. The van der Waals surface area contributed by atoms with E-state index in [9.17, 15) is 14.9 Å². The Hall–Kier alpha value is -3.07. The lowest BCUT2D eigenvalue weighted by Gasteiger charge is -2.14. The molecule has 132 valence electrons. The molecule has 0 saturated carbocycles. The predicted octanol–water partition coefficient (Wildman–Crippen LogP) is 3.33. The Balaban J connectivity index is 2.14. The second-order valence-electron chi connectivity index (χ2n) is 4.67. The number of nitrogens with one attached hydrogen (secondary N) is 1. The summed E-state index contributed by atoms with van der Waals surface area (Å²) < 4.78 is 15.7. The molecule has 0 unspecified atom stereocenters. The predicted molar refractivity (Wildman–Crippen MR) is 94.7 cm³/mol. The molecule has 0 atom stereocenters. The number of nitro groups is 1. The van der Waals surface area contributed by atoms with Crippen LogP contribution in [0.4, 0.5) is 10.7 Å². The second kappa shape index (κ2) is 8.15. The van der Waals surface area contributed by atoms with Crippen molar-refractivity contribution in [3.8, 4) is 17.2 Å². The summed E-state index contributed by atoms with van der Waals surface area (Å²) in [5.41, 5.74) is 0.460. The molecular formula is C16H16N2O6S. The van der Waals surface area contributed by atoms with Gasteiger partial charge in [0.1, 0.15) is 0 Å². The van der Waals surface area contributed by atoms with Crippen molar-refractivity contribution in [3.05, 3.63) is 45.3 Å². The third-order valence-electron chi connectivity index (χ3n) is 3.12. The largest absolute Gasteiger partial charge is 0.493 e. The van der Waals surface area contributed by atoms with Crippen molar-refractivity contribution in [2.45, 2.75) is 0 Å². The number of carbonyl (C=O) groups is 1. The van der Waals surface area contributed by atoms with Crippen LogP contribution in [0.3, 0.4) is 0 Å². The molecule has 1 N–H and O–H groups in total. The monoisotopic (exact) mass is 364 g/mol. The van der Waals surface area contributed by atoms with Gasteiger partial charge in [-0.15, -0.1) is 0 Å². The molecule has 8 nitrogen and oxygen atoms in total. The summed E-state index contributed by atoms with van der Waals surface area (Å²) in [7, 11) is 4.45. The molecule has 2 aromatic rings. The molecule has 0 bridgehead atoms. The maximum absolute atomic E-state index is 12.0. The lowest BCUT2D eigenvalue weighted by atomic mass is 10.2. The fourth-order valence-electron chi connectivity index (χ4n) is 2.02. The number of methoxy groups -OCH3 is 3. The lowest BCUT2D eigenvalue weighted by Crippen LogP contribution is -2.08. The second-order valence-corrected chi connectivity index (χ2v) is 5.76. The van der Waals surface area contributed by atoms with Crippen molar-refractivity contribution in [1.82, 2.24) is 0 Å². The number of nitrogens with zero attached hydrogens (tertiary/aromatic N) is 1. The lowest BCUT2D eigenvalue weighted by molar-refractivity contribution is -0.380. The maximum Gasteiger partial charge on any atom is 0.324 e. The number of anilines is 1. The van der Waals surface area contributed by atoms with Crippen LogP contribution in [0.15, 0.2) is 30.3 Å². The van der Waals surface area contributed by atoms with Gasteiger partial charge in [0.25, 0.3) is 0 Å². The van der Waals surface area contributed by atoms with Gasteiger partial charge < -0.3 is 19.5 Å². The first-order valence-corrected chi connectivity index (χ1v) is 7.83. The molecule has 0 radical (unpaired) electrons. The Labute approximate surface area is 147 Å². The number of rotatable bonds is 7. The van der Waals surface area contributed by atoms with Gasteiger partial charge in [0, 0.05) is 34.8 Å². The first-order valence-electron chi connectivity index (χ1n) is 7.01. The van der Waals surface area contributed by atoms with Crippen LogP contribution < -0.4 is 19.5 Å². The van der Waals surface area contributed by atoms with E-state index >= 15 is 0 Å². The van der Waals surface area contributed by atoms with Crippen LogP contribution in [0.5, 0.6) is 17.2 Å². The Morgan fingerprint density at radius 1 is 1.16 bits per heavy atom. The minimum atomic E-state index is -0.474. The summed E-state index contributed by atoms with van der Waals surface area (Å²) in [6, 6.07) is 6.17. The molecular weight excluding hydrogens is 348 g/mol. The molecule has 0 fully saturated rings. The van der Waals surface area contributed by atoms with E-state index in [0.717, 1.165) is 11.3 Å². The summed E-state index contributed by atoms with van der Waals surface area (Å²) in [4.78, 5) is 22.8. The average Bonchev–Trinajstić information content (AvgIpc) is 3.08. The number of amides is 1. The Morgan fingerprint density at radius 2 is 1.80 bits per heavy atom. The first-order chi connectivity index (χ1) is 12.0. The highest BCUT2D eigenvalue weighted by molar-refractivity contribution is 7.16. The minimum Gasteiger partial charge on any atom is -0.493 e. The van der Waals surface area contributed by atoms with Crippen molar-refractivity contribution >= 4 is 34.0 Å². The van der Waals surface area contributed by atoms with E-state index in [4.69, 9.17) is 14.2 Å². The van der Waals surface area contributed by atoms with Crippen LogP contribution in [0.25, 0.3) is 6.08 Å². The van der Waals surface area contributed by atoms with Gasteiger partial charge in [0.05, 0.1) is 26.3 Å². The molecule has 9 heteroatoms. The minimum absolute atomic E-state index is 0.0182. The van der Waals surface area contributed by atoms with Gasteiger partial charge in [-0.2, -0.15) is 0 Å². The fraction of sp³-hybridized carbons (Fsp3) is 0.188. The summed E-state index contributed by atoms with van der Waals surface area (Å²) >= 11 is 0.984. The number of benzene rings is 1. The molecule has 1 aromatic carbocycles. The summed E-state index contributed by atoms with van der Waals surface area (Å²) in [6.45, 7) is 0. The van der Waals surface area contributed by atoms with Crippen LogP contribution in [0.2, 0.25) is 0 Å². The van der Waals surface area contributed by atoms with Crippen molar-refractivity contribution < 1.29 is 23.9 Å². The number of carbonyl (C=O) groups excluding carboxylic acids is 1. The number of thiophene rings is 1. The third-order valence-corrected chi connectivity index (χ3v) is 4.13. The Kier molecular flexibility index (Phi) is 5.96. The van der Waals surface area contributed by atoms with Gasteiger partial charge in [-0.3, -0.25) is 14.9 Å². The summed E-state index contributed by atoms with van der Waals surface area (Å²) in [5, 5.41) is 13.3. The first kappa shape index (κ1) is 18.3. The van der Waals surface area contributed by atoms with Gasteiger partial charge in [-0.1, -0.05) is 11.3 Å². The summed E-state index contributed by atoms with van der Waals surface area (Å²) in [5.74, 6) is 0.847. The zero-order valence-corrected chi connectivity index (χ0v) is 14.6. The highest BCUT2D eigenvalue weighted by Crippen LogP contribution is 2.39. The van der Waals surface area contributed by atoms with Crippen LogP contribution in [-0.4, -0.2) is 32.2 Å².